The van der Waals surface area contributed by atoms with Gasteiger partial charge in [0, 0.05) is 37.3 Å². The summed E-state index contributed by atoms with van der Waals surface area (Å²) in [7, 11) is 1.73. The molecule has 0 bridgehead atoms. The summed E-state index contributed by atoms with van der Waals surface area (Å²) in [5, 5.41) is 17.8. The molecule has 1 aromatic carbocycles. The second kappa shape index (κ2) is 8.94. The van der Waals surface area contributed by atoms with Gasteiger partial charge in [0.25, 0.3) is 11.8 Å². The predicted octanol–water partition coefficient (Wildman–Crippen LogP) is 1.35. The number of nitrogens with zero attached hydrogens (tertiary/aromatic N) is 3. The summed E-state index contributed by atoms with van der Waals surface area (Å²) in [5.74, 6) is -0.719. The summed E-state index contributed by atoms with van der Waals surface area (Å²) in [5.41, 5.74) is 1.58. The van der Waals surface area contributed by atoms with Gasteiger partial charge in [0.15, 0.2) is 0 Å². The Morgan fingerprint density at radius 1 is 1.20 bits per heavy atom. The molecular formula is C18H19N5O7. The van der Waals surface area contributed by atoms with Crippen LogP contribution in [0.1, 0.15) is 12.8 Å². The van der Waals surface area contributed by atoms with E-state index in [9.17, 15) is 19.2 Å². The van der Waals surface area contributed by atoms with Crippen LogP contribution in [0.25, 0.3) is 11.3 Å². The Morgan fingerprint density at radius 3 is 2.57 bits per heavy atom. The second-order valence-corrected chi connectivity index (χ2v) is 6.22. The molecule has 1 aromatic heterocycles. The minimum Gasteiger partial charge on any atom is -0.491 e. The highest BCUT2D eigenvalue weighted by molar-refractivity contribution is 6.02. The topological polar surface area (TPSA) is 152 Å². The largest absolute Gasteiger partial charge is 0.491 e. The average molecular weight is 417 g/mol. The molecule has 0 aliphatic carbocycles. The van der Waals surface area contributed by atoms with Crippen molar-refractivity contribution in [1.82, 2.24) is 20.2 Å². The Hall–Kier alpha value is -4.09. The van der Waals surface area contributed by atoms with Gasteiger partial charge in [-0.1, -0.05) is 0 Å². The number of carboxylic acid groups (broad SMARTS) is 1. The lowest BCUT2D eigenvalue weighted by molar-refractivity contribution is -0.170. The van der Waals surface area contributed by atoms with Gasteiger partial charge >= 0.3 is 12.2 Å². The standard InChI is InChI=1S/C18H19N5O7/c1-22-13(6-7-20-22)12-10-11(2-3-14(12)29-9-8-19-17(26)27)21-18(28)30-23-15(24)4-5-16(23)25/h2-3,6-7,10,19H,4-5,8-9H2,1H3,(H,21,28)(H,26,27). The van der Waals surface area contributed by atoms with Gasteiger partial charge < -0.3 is 20.0 Å². The zero-order chi connectivity index (χ0) is 21.7. The van der Waals surface area contributed by atoms with Crippen molar-refractivity contribution < 1.29 is 33.9 Å². The van der Waals surface area contributed by atoms with Crippen molar-refractivity contribution in [2.45, 2.75) is 12.8 Å². The van der Waals surface area contributed by atoms with E-state index in [1.165, 1.54) is 6.07 Å². The van der Waals surface area contributed by atoms with E-state index in [4.69, 9.17) is 14.7 Å². The number of imide groups is 1. The van der Waals surface area contributed by atoms with Crippen molar-refractivity contribution in [3.05, 3.63) is 30.5 Å². The van der Waals surface area contributed by atoms with Crippen molar-refractivity contribution in [3.8, 4) is 17.0 Å². The molecule has 1 saturated heterocycles. The fraction of sp³-hybridized carbons (Fsp3) is 0.278. The van der Waals surface area contributed by atoms with E-state index in [1.807, 2.05) is 0 Å². The van der Waals surface area contributed by atoms with E-state index < -0.39 is 24.0 Å². The van der Waals surface area contributed by atoms with Gasteiger partial charge in [-0.05, 0) is 24.3 Å². The molecule has 4 amide bonds. The Morgan fingerprint density at radius 2 is 1.93 bits per heavy atom. The van der Waals surface area contributed by atoms with Crippen molar-refractivity contribution in [1.29, 1.82) is 0 Å². The highest BCUT2D eigenvalue weighted by atomic mass is 16.7. The summed E-state index contributed by atoms with van der Waals surface area (Å²) < 4.78 is 7.25. The Balaban J connectivity index is 1.75. The summed E-state index contributed by atoms with van der Waals surface area (Å²) in [6, 6.07) is 6.47. The van der Waals surface area contributed by atoms with Gasteiger partial charge in [0.1, 0.15) is 12.4 Å². The lowest BCUT2D eigenvalue weighted by Gasteiger charge is -2.15. The zero-order valence-corrected chi connectivity index (χ0v) is 16.0. The third-order valence-electron chi connectivity index (χ3n) is 4.14. The number of rotatable bonds is 7. The molecular weight excluding hydrogens is 398 g/mol. The molecule has 158 valence electrons. The van der Waals surface area contributed by atoms with Crippen molar-refractivity contribution in [2.75, 3.05) is 18.5 Å². The first-order valence-electron chi connectivity index (χ1n) is 8.92. The molecule has 3 rings (SSSR count). The van der Waals surface area contributed by atoms with E-state index >= 15 is 0 Å². The third-order valence-corrected chi connectivity index (χ3v) is 4.14. The molecule has 0 spiro atoms. The number of carbonyl (C=O) groups excluding carboxylic acids is 3. The van der Waals surface area contributed by atoms with Gasteiger partial charge in [-0.3, -0.25) is 19.6 Å². The van der Waals surface area contributed by atoms with Gasteiger partial charge in [0.05, 0.1) is 12.2 Å². The summed E-state index contributed by atoms with van der Waals surface area (Å²) in [6.45, 7) is 0.176. The van der Waals surface area contributed by atoms with Crippen LogP contribution in [-0.2, 0) is 21.5 Å². The molecule has 2 aromatic rings. The number of aromatic nitrogens is 2. The minimum atomic E-state index is -1.15. The minimum absolute atomic E-state index is 0.000474. The number of ether oxygens (including phenoxy) is 1. The molecule has 1 aliphatic heterocycles. The number of benzene rings is 1. The van der Waals surface area contributed by atoms with Crippen LogP contribution in [0.2, 0.25) is 0 Å². The monoisotopic (exact) mass is 417 g/mol. The first-order valence-corrected chi connectivity index (χ1v) is 8.92. The number of nitrogens with one attached hydrogen (secondary N) is 2. The Labute approximate surface area is 170 Å². The summed E-state index contributed by atoms with van der Waals surface area (Å²) >= 11 is 0. The van der Waals surface area contributed by atoms with Gasteiger partial charge in [0.2, 0.25) is 0 Å². The molecule has 30 heavy (non-hydrogen) atoms. The molecule has 12 heteroatoms. The molecule has 1 aliphatic rings. The van der Waals surface area contributed by atoms with E-state index in [2.05, 4.69) is 15.7 Å². The van der Waals surface area contributed by atoms with E-state index in [-0.39, 0.29) is 26.0 Å². The van der Waals surface area contributed by atoms with E-state index in [1.54, 1.807) is 36.1 Å². The lowest BCUT2D eigenvalue weighted by Crippen LogP contribution is -2.33. The molecule has 3 N–H and O–H groups in total. The SMILES string of the molecule is Cn1nccc1-c1cc(NC(=O)ON2C(=O)CCC2=O)ccc1OCCNC(=O)O. The number of hydrogen-bond donors (Lipinski definition) is 3. The van der Waals surface area contributed by atoms with Crippen LogP contribution in [-0.4, -0.2) is 57.1 Å². The number of carbonyl (C=O) groups is 4. The smallest absolute Gasteiger partial charge is 0.436 e. The maximum absolute atomic E-state index is 12.1. The van der Waals surface area contributed by atoms with Crippen molar-refractivity contribution >= 4 is 29.7 Å². The number of aryl methyl sites for hydroxylation is 1. The molecule has 0 atom stereocenters. The molecule has 0 saturated carbocycles. The fourth-order valence-electron chi connectivity index (χ4n) is 2.77. The highest BCUT2D eigenvalue weighted by Crippen LogP contribution is 2.32. The number of hydrogen-bond acceptors (Lipinski definition) is 7. The van der Waals surface area contributed by atoms with Crippen LogP contribution >= 0.6 is 0 Å². The van der Waals surface area contributed by atoms with Gasteiger partial charge in [-0.2, -0.15) is 5.10 Å². The maximum Gasteiger partial charge on any atom is 0.436 e. The lowest BCUT2D eigenvalue weighted by atomic mass is 10.1. The normalized spacial score (nSPS) is 13.3. The van der Waals surface area contributed by atoms with Crippen LogP contribution < -0.4 is 15.4 Å². The summed E-state index contributed by atoms with van der Waals surface area (Å²) in [4.78, 5) is 50.6. The van der Waals surface area contributed by atoms with Gasteiger partial charge in [-0.15, -0.1) is 5.06 Å². The quantitative estimate of drug-likeness (QED) is 0.451. The molecule has 0 unspecified atom stereocenters. The van der Waals surface area contributed by atoms with E-state index in [0.29, 0.717) is 27.8 Å². The molecule has 0 radical (unpaired) electrons. The maximum atomic E-state index is 12.1. The fourth-order valence-corrected chi connectivity index (χ4v) is 2.77. The van der Waals surface area contributed by atoms with Crippen LogP contribution in [0.15, 0.2) is 30.5 Å². The zero-order valence-electron chi connectivity index (χ0n) is 16.0. The first kappa shape index (κ1) is 20.6. The molecule has 1 fully saturated rings. The highest BCUT2D eigenvalue weighted by Gasteiger charge is 2.33. The second-order valence-electron chi connectivity index (χ2n) is 6.22. The third kappa shape index (κ3) is 4.84. The molecule has 2 heterocycles. The van der Waals surface area contributed by atoms with Crippen LogP contribution in [0.5, 0.6) is 5.75 Å². The Bertz CT molecular complexity index is 971. The van der Waals surface area contributed by atoms with Crippen molar-refractivity contribution in [3.63, 3.8) is 0 Å². The van der Waals surface area contributed by atoms with Crippen LogP contribution in [0.3, 0.4) is 0 Å². The first-order chi connectivity index (χ1) is 14.3. The van der Waals surface area contributed by atoms with Crippen molar-refractivity contribution in [2.24, 2.45) is 7.05 Å². The van der Waals surface area contributed by atoms with Crippen LogP contribution in [0.4, 0.5) is 15.3 Å². The number of anilines is 1. The summed E-state index contributed by atoms with van der Waals surface area (Å²) in [6.07, 6.45) is -0.560. The molecule has 12 nitrogen and oxygen atoms in total. The number of hydroxylamine groups is 2. The van der Waals surface area contributed by atoms with Gasteiger partial charge in [-0.25, -0.2) is 9.59 Å². The van der Waals surface area contributed by atoms with E-state index in [0.717, 1.165) is 0 Å². The number of amides is 4. The predicted molar refractivity (Wildman–Crippen MR) is 101 cm³/mol. The van der Waals surface area contributed by atoms with Crippen LogP contribution in [0, 0.1) is 0 Å². The average Bonchev–Trinajstić information content (AvgIpc) is 3.26. The Kier molecular flexibility index (Phi) is 6.15.